The van der Waals surface area contributed by atoms with Gasteiger partial charge in [-0.05, 0) is 30.9 Å². The Labute approximate surface area is 114 Å². The van der Waals surface area contributed by atoms with E-state index in [9.17, 15) is 20.0 Å². The van der Waals surface area contributed by atoms with E-state index in [-0.39, 0.29) is 29.9 Å². The number of benzene rings is 1. The van der Waals surface area contributed by atoms with Crippen LogP contribution >= 0.6 is 0 Å². The van der Waals surface area contributed by atoms with Crippen LogP contribution in [0.3, 0.4) is 0 Å². The zero-order chi connectivity index (χ0) is 14.7. The highest BCUT2D eigenvalue weighted by Crippen LogP contribution is 2.33. The Kier molecular flexibility index (Phi) is 4.31. The van der Waals surface area contributed by atoms with Crippen LogP contribution in [-0.2, 0) is 4.74 Å². The highest BCUT2D eigenvalue weighted by Gasteiger charge is 2.36. The second-order valence-electron chi connectivity index (χ2n) is 4.81. The third kappa shape index (κ3) is 3.12. The van der Waals surface area contributed by atoms with E-state index in [4.69, 9.17) is 9.84 Å². The van der Waals surface area contributed by atoms with Gasteiger partial charge in [-0.3, -0.25) is 10.1 Å². The third-order valence-corrected chi connectivity index (χ3v) is 3.45. The number of hydrogen-bond donors (Lipinski definition) is 2. The summed E-state index contributed by atoms with van der Waals surface area (Å²) in [5.41, 5.74) is 0.165. The standard InChI is InChI=1S/C13H15NO6/c15-7-12(16)9-5-11(6-9)20-13(17)8-1-3-10(4-2-8)14(18)19/h1-4,9,11-12,15-16H,5-7H2. The van der Waals surface area contributed by atoms with Crippen molar-refractivity contribution in [2.24, 2.45) is 5.92 Å². The van der Waals surface area contributed by atoms with E-state index < -0.39 is 17.0 Å². The second-order valence-corrected chi connectivity index (χ2v) is 4.81. The molecule has 0 saturated heterocycles. The number of aliphatic hydroxyl groups excluding tert-OH is 2. The fraction of sp³-hybridized carbons (Fsp3) is 0.462. The summed E-state index contributed by atoms with van der Waals surface area (Å²) in [4.78, 5) is 21.7. The molecule has 1 aromatic carbocycles. The molecule has 1 aliphatic rings. The summed E-state index contributed by atoms with van der Waals surface area (Å²) in [5, 5.41) is 28.6. The number of nitro benzene ring substituents is 1. The van der Waals surface area contributed by atoms with Gasteiger partial charge in [-0.25, -0.2) is 4.79 Å². The lowest BCUT2D eigenvalue weighted by Gasteiger charge is -2.36. The average Bonchev–Trinajstić information content (AvgIpc) is 2.41. The van der Waals surface area contributed by atoms with E-state index in [0.29, 0.717) is 12.8 Å². The molecule has 0 radical (unpaired) electrons. The second kappa shape index (κ2) is 5.98. The molecule has 7 nitrogen and oxygen atoms in total. The first-order valence-corrected chi connectivity index (χ1v) is 6.25. The number of ether oxygens (including phenoxy) is 1. The molecule has 1 aromatic rings. The maximum Gasteiger partial charge on any atom is 0.338 e. The topological polar surface area (TPSA) is 110 Å². The molecule has 20 heavy (non-hydrogen) atoms. The number of carbonyl (C=O) groups is 1. The Morgan fingerprint density at radius 1 is 1.40 bits per heavy atom. The van der Waals surface area contributed by atoms with Gasteiger partial charge in [0.1, 0.15) is 6.10 Å². The van der Waals surface area contributed by atoms with Crippen molar-refractivity contribution < 1.29 is 24.7 Å². The highest BCUT2D eigenvalue weighted by atomic mass is 16.6. The number of non-ortho nitro benzene ring substituents is 1. The molecule has 0 aromatic heterocycles. The first kappa shape index (κ1) is 14.4. The van der Waals surface area contributed by atoms with Crippen molar-refractivity contribution in [1.82, 2.24) is 0 Å². The molecule has 1 fully saturated rings. The molecule has 2 N–H and O–H groups in total. The minimum atomic E-state index is -0.774. The molecule has 1 saturated carbocycles. The quantitative estimate of drug-likeness (QED) is 0.471. The number of nitro groups is 1. The Hall–Kier alpha value is -1.99. The number of esters is 1. The fourth-order valence-corrected chi connectivity index (χ4v) is 2.10. The van der Waals surface area contributed by atoms with Crippen molar-refractivity contribution in [3.05, 3.63) is 39.9 Å². The molecule has 0 bridgehead atoms. The average molecular weight is 281 g/mol. The number of nitrogens with zero attached hydrogens (tertiary/aromatic N) is 1. The maximum absolute atomic E-state index is 11.8. The molecule has 0 amide bonds. The Morgan fingerprint density at radius 2 is 2.00 bits per heavy atom. The lowest BCUT2D eigenvalue weighted by Crippen LogP contribution is -2.41. The van der Waals surface area contributed by atoms with Gasteiger partial charge in [0.2, 0.25) is 0 Å². The smallest absolute Gasteiger partial charge is 0.338 e. The molecular weight excluding hydrogens is 266 g/mol. The van der Waals surface area contributed by atoms with Crippen LogP contribution in [0, 0.1) is 16.0 Å². The van der Waals surface area contributed by atoms with Gasteiger partial charge in [-0.15, -0.1) is 0 Å². The fourth-order valence-electron chi connectivity index (χ4n) is 2.10. The van der Waals surface area contributed by atoms with Crippen LogP contribution in [0.5, 0.6) is 0 Å². The first-order valence-electron chi connectivity index (χ1n) is 6.25. The Morgan fingerprint density at radius 3 is 2.50 bits per heavy atom. The molecule has 0 spiro atoms. The minimum Gasteiger partial charge on any atom is -0.459 e. The van der Waals surface area contributed by atoms with Gasteiger partial charge < -0.3 is 14.9 Å². The van der Waals surface area contributed by atoms with Crippen molar-refractivity contribution in [3.63, 3.8) is 0 Å². The van der Waals surface area contributed by atoms with Gasteiger partial charge in [0.05, 0.1) is 23.2 Å². The van der Waals surface area contributed by atoms with Crippen molar-refractivity contribution in [1.29, 1.82) is 0 Å². The van der Waals surface area contributed by atoms with Crippen LogP contribution in [0.4, 0.5) is 5.69 Å². The lowest BCUT2D eigenvalue weighted by molar-refractivity contribution is -0.384. The molecular formula is C13H15NO6. The maximum atomic E-state index is 11.8. The Balaban J connectivity index is 1.86. The van der Waals surface area contributed by atoms with E-state index >= 15 is 0 Å². The molecule has 108 valence electrons. The number of hydrogen-bond acceptors (Lipinski definition) is 6. The molecule has 1 aliphatic carbocycles. The summed E-state index contributed by atoms with van der Waals surface area (Å²) in [6, 6.07) is 5.18. The molecule has 0 aliphatic heterocycles. The number of rotatable bonds is 5. The van der Waals surface area contributed by atoms with E-state index in [1.54, 1.807) is 0 Å². The van der Waals surface area contributed by atoms with Crippen molar-refractivity contribution in [2.75, 3.05) is 6.61 Å². The Bertz CT molecular complexity index is 494. The number of aliphatic hydroxyl groups is 2. The van der Waals surface area contributed by atoms with Crippen molar-refractivity contribution in [3.8, 4) is 0 Å². The van der Waals surface area contributed by atoms with Crippen LogP contribution in [0.15, 0.2) is 24.3 Å². The van der Waals surface area contributed by atoms with Crippen LogP contribution in [-0.4, -0.2) is 39.9 Å². The van der Waals surface area contributed by atoms with Crippen LogP contribution in [0.1, 0.15) is 23.2 Å². The lowest BCUT2D eigenvalue weighted by atomic mass is 9.78. The zero-order valence-electron chi connectivity index (χ0n) is 10.6. The molecule has 7 heteroatoms. The van der Waals surface area contributed by atoms with Gasteiger partial charge in [-0.2, -0.15) is 0 Å². The predicted molar refractivity (Wildman–Crippen MR) is 68.1 cm³/mol. The molecule has 0 heterocycles. The van der Waals surface area contributed by atoms with Crippen LogP contribution < -0.4 is 0 Å². The summed E-state index contributed by atoms with van der Waals surface area (Å²) in [6.07, 6.45) is -0.0193. The summed E-state index contributed by atoms with van der Waals surface area (Å²) in [6.45, 7) is -0.298. The van der Waals surface area contributed by atoms with Gasteiger partial charge >= 0.3 is 5.97 Å². The van der Waals surface area contributed by atoms with E-state index in [0.717, 1.165) is 0 Å². The van der Waals surface area contributed by atoms with Gasteiger partial charge in [0.25, 0.3) is 5.69 Å². The molecule has 1 unspecified atom stereocenters. The minimum absolute atomic E-state index is 0.0466. The number of carbonyl (C=O) groups excluding carboxylic acids is 1. The summed E-state index contributed by atoms with van der Waals surface area (Å²) < 4.78 is 5.20. The molecule has 1 atom stereocenters. The van der Waals surface area contributed by atoms with Crippen LogP contribution in [0.25, 0.3) is 0 Å². The van der Waals surface area contributed by atoms with Gasteiger partial charge in [-0.1, -0.05) is 0 Å². The summed E-state index contributed by atoms with van der Waals surface area (Å²) in [7, 11) is 0. The molecule has 2 rings (SSSR count). The summed E-state index contributed by atoms with van der Waals surface area (Å²) in [5.74, 6) is -0.587. The van der Waals surface area contributed by atoms with E-state index in [1.165, 1.54) is 24.3 Å². The van der Waals surface area contributed by atoms with Crippen molar-refractivity contribution in [2.45, 2.75) is 25.0 Å². The SMILES string of the molecule is O=C(OC1CC(C(O)CO)C1)c1ccc([N+](=O)[O-])cc1. The zero-order valence-corrected chi connectivity index (χ0v) is 10.6. The van der Waals surface area contributed by atoms with E-state index in [1.807, 2.05) is 0 Å². The van der Waals surface area contributed by atoms with Gasteiger partial charge in [0, 0.05) is 12.1 Å². The van der Waals surface area contributed by atoms with Gasteiger partial charge in [0.15, 0.2) is 0 Å². The third-order valence-electron chi connectivity index (χ3n) is 3.45. The van der Waals surface area contributed by atoms with Crippen molar-refractivity contribution >= 4 is 11.7 Å². The normalized spacial score (nSPS) is 22.7. The first-order chi connectivity index (χ1) is 9.51. The largest absolute Gasteiger partial charge is 0.459 e. The van der Waals surface area contributed by atoms with E-state index in [2.05, 4.69) is 0 Å². The summed E-state index contributed by atoms with van der Waals surface area (Å²) >= 11 is 0. The monoisotopic (exact) mass is 281 g/mol. The predicted octanol–water partition coefficient (Wildman–Crippen LogP) is 0.883. The van der Waals surface area contributed by atoms with Crippen LogP contribution in [0.2, 0.25) is 0 Å². The highest BCUT2D eigenvalue weighted by molar-refractivity contribution is 5.89.